The summed E-state index contributed by atoms with van der Waals surface area (Å²) in [6, 6.07) is 0. The molecule has 0 atom stereocenters. The molecule has 1 saturated heterocycles. The van der Waals surface area contributed by atoms with Crippen LogP contribution in [0.25, 0.3) is 0 Å². The fourth-order valence-electron chi connectivity index (χ4n) is 4.01. The Labute approximate surface area is 149 Å². The molecule has 0 spiro atoms. The third-order valence-electron chi connectivity index (χ3n) is 5.36. The Morgan fingerprint density at radius 3 is 2.68 bits per heavy atom. The van der Waals surface area contributed by atoms with Crippen LogP contribution in [0, 0.1) is 0 Å². The molecule has 6 heteroatoms. The highest BCUT2D eigenvalue weighted by molar-refractivity contribution is 5.76. The Hall–Kier alpha value is -1.82. The van der Waals surface area contributed by atoms with E-state index in [1.54, 1.807) is 4.90 Å². The van der Waals surface area contributed by atoms with Crippen LogP contribution in [-0.4, -0.2) is 66.5 Å². The quantitative estimate of drug-likeness (QED) is 0.803. The van der Waals surface area contributed by atoms with Crippen molar-refractivity contribution < 1.29 is 14.3 Å². The molecule has 25 heavy (non-hydrogen) atoms. The smallest absolute Gasteiger partial charge is 0.409 e. The molecule has 0 saturated carbocycles. The van der Waals surface area contributed by atoms with Crippen LogP contribution >= 0.6 is 0 Å². The summed E-state index contributed by atoms with van der Waals surface area (Å²) >= 11 is 0. The Balaban J connectivity index is 1.47. The third-order valence-corrected chi connectivity index (χ3v) is 5.36. The van der Waals surface area contributed by atoms with Crippen molar-refractivity contribution in [1.29, 1.82) is 0 Å². The van der Waals surface area contributed by atoms with Crippen LogP contribution in [0.5, 0.6) is 0 Å². The molecule has 3 rings (SSSR count). The van der Waals surface area contributed by atoms with Gasteiger partial charge >= 0.3 is 6.09 Å². The SMILES string of the molecule is CCOC(=O)N1CCN(CCCc2c(C=O)[nH]c3c2CCCC3)CC1. The number of carbonyl (C=O) groups excluding carboxylic acids is 2. The Kier molecular flexibility index (Phi) is 6.13. The fourth-order valence-corrected chi connectivity index (χ4v) is 4.01. The van der Waals surface area contributed by atoms with Crippen LogP contribution in [-0.2, 0) is 24.0 Å². The van der Waals surface area contributed by atoms with Gasteiger partial charge in [0.2, 0.25) is 0 Å². The number of aryl methyl sites for hydroxylation is 1. The lowest BCUT2D eigenvalue weighted by Gasteiger charge is -2.34. The number of aromatic nitrogens is 1. The first-order valence-electron chi connectivity index (χ1n) is 9.54. The van der Waals surface area contributed by atoms with Crippen molar-refractivity contribution in [2.75, 3.05) is 39.3 Å². The molecule has 1 aliphatic heterocycles. The average molecular weight is 347 g/mol. The monoisotopic (exact) mass is 347 g/mol. The van der Waals surface area contributed by atoms with Crippen LogP contribution < -0.4 is 0 Å². The van der Waals surface area contributed by atoms with Gasteiger partial charge in [0.1, 0.15) is 0 Å². The number of nitrogens with zero attached hydrogens (tertiary/aromatic N) is 2. The summed E-state index contributed by atoms with van der Waals surface area (Å²) in [6.07, 6.45) is 7.41. The molecule has 0 radical (unpaired) electrons. The average Bonchev–Trinajstić information content (AvgIpc) is 3.00. The van der Waals surface area contributed by atoms with E-state index in [1.807, 2.05) is 6.92 Å². The van der Waals surface area contributed by atoms with Crippen molar-refractivity contribution in [1.82, 2.24) is 14.8 Å². The van der Waals surface area contributed by atoms with Crippen molar-refractivity contribution in [3.8, 4) is 0 Å². The van der Waals surface area contributed by atoms with Crippen LogP contribution in [0.4, 0.5) is 4.79 Å². The molecule has 0 aromatic carbocycles. The lowest BCUT2D eigenvalue weighted by atomic mass is 9.92. The van der Waals surface area contributed by atoms with Crippen molar-refractivity contribution in [2.45, 2.75) is 45.4 Å². The van der Waals surface area contributed by atoms with Crippen LogP contribution in [0.2, 0.25) is 0 Å². The minimum atomic E-state index is -0.197. The van der Waals surface area contributed by atoms with Crippen molar-refractivity contribution in [2.24, 2.45) is 0 Å². The number of hydrogen-bond donors (Lipinski definition) is 1. The largest absolute Gasteiger partial charge is 0.450 e. The number of hydrogen-bond acceptors (Lipinski definition) is 4. The molecular formula is C19H29N3O3. The molecule has 0 bridgehead atoms. The highest BCUT2D eigenvalue weighted by Gasteiger charge is 2.22. The first kappa shape index (κ1) is 18.0. The Morgan fingerprint density at radius 1 is 1.20 bits per heavy atom. The van der Waals surface area contributed by atoms with E-state index in [9.17, 15) is 9.59 Å². The summed E-state index contributed by atoms with van der Waals surface area (Å²) in [4.78, 5) is 30.6. The van der Waals surface area contributed by atoms with Crippen LogP contribution in [0.15, 0.2) is 0 Å². The maximum Gasteiger partial charge on any atom is 0.409 e. The predicted octanol–water partition coefficient (Wildman–Crippen LogP) is 2.41. The Morgan fingerprint density at radius 2 is 1.96 bits per heavy atom. The summed E-state index contributed by atoms with van der Waals surface area (Å²) in [5.74, 6) is 0. The van der Waals surface area contributed by atoms with Crippen molar-refractivity contribution in [3.63, 3.8) is 0 Å². The molecule has 1 aliphatic carbocycles. The molecule has 1 aromatic heterocycles. The summed E-state index contributed by atoms with van der Waals surface area (Å²) in [7, 11) is 0. The first-order valence-corrected chi connectivity index (χ1v) is 9.54. The highest BCUT2D eigenvalue weighted by atomic mass is 16.6. The molecule has 2 heterocycles. The van der Waals surface area contributed by atoms with E-state index in [0.717, 1.165) is 70.4 Å². The van der Waals surface area contributed by atoms with Gasteiger partial charge in [-0.05, 0) is 63.1 Å². The summed E-state index contributed by atoms with van der Waals surface area (Å²) in [5, 5.41) is 0. The van der Waals surface area contributed by atoms with Gasteiger partial charge in [0.25, 0.3) is 0 Å². The standard InChI is InChI=1S/C19H29N3O3/c1-2-25-19(24)22-12-10-21(11-13-22)9-5-7-16-15-6-3-4-8-17(15)20-18(16)14-23/h14,20H,2-13H2,1H3. The van der Waals surface area contributed by atoms with Gasteiger partial charge in [0.05, 0.1) is 12.3 Å². The van der Waals surface area contributed by atoms with Gasteiger partial charge < -0.3 is 14.6 Å². The number of aromatic amines is 1. The number of ether oxygens (including phenoxy) is 1. The molecular weight excluding hydrogens is 318 g/mol. The van der Waals surface area contributed by atoms with Gasteiger partial charge in [0.15, 0.2) is 6.29 Å². The van der Waals surface area contributed by atoms with E-state index in [-0.39, 0.29) is 6.09 Å². The van der Waals surface area contributed by atoms with E-state index in [4.69, 9.17) is 4.74 Å². The summed E-state index contributed by atoms with van der Waals surface area (Å²) in [6.45, 7) is 6.53. The normalized spacial score (nSPS) is 18.0. The van der Waals surface area contributed by atoms with Gasteiger partial charge in [-0.1, -0.05) is 0 Å². The number of aldehydes is 1. The summed E-state index contributed by atoms with van der Waals surface area (Å²) in [5.41, 5.74) is 4.72. The number of amides is 1. The molecule has 1 amide bonds. The maximum atomic E-state index is 11.7. The van der Waals surface area contributed by atoms with E-state index in [0.29, 0.717) is 6.61 Å². The molecule has 2 aliphatic rings. The lowest BCUT2D eigenvalue weighted by molar-refractivity contribution is 0.0794. The zero-order valence-corrected chi connectivity index (χ0v) is 15.2. The van der Waals surface area contributed by atoms with Gasteiger partial charge in [0, 0.05) is 31.9 Å². The second-order valence-electron chi connectivity index (χ2n) is 6.93. The predicted molar refractivity (Wildman–Crippen MR) is 96.2 cm³/mol. The zero-order chi connectivity index (χ0) is 17.6. The highest BCUT2D eigenvalue weighted by Crippen LogP contribution is 2.27. The van der Waals surface area contributed by atoms with Gasteiger partial charge in [-0.25, -0.2) is 4.79 Å². The fraction of sp³-hybridized carbons (Fsp3) is 0.684. The number of H-pyrrole nitrogens is 1. The number of fused-ring (bicyclic) bond motifs is 1. The minimum absolute atomic E-state index is 0.197. The van der Waals surface area contributed by atoms with Crippen LogP contribution in [0.1, 0.15) is 53.5 Å². The number of rotatable bonds is 6. The van der Waals surface area contributed by atoms with Gasteiger partial charge in [-0.15, -0.1) is 0 Å². The molecule has 6 nitrogen and oxygen atoms in total. The molecule has 1 N–H and O–H groups in total. The second kappa shape index (κ2) is 8.52. The van der Waals surface area contributed by atoms with Gasteiger partial charge in [-0.2, -0.15) is 0 Å². The molecule has 138 valence electrons. The van der Waals surface area contributed by atoms with E-state index in [1.165, 1.54) is 29.7 Å². The second-order valence-corrected chi connectivity index (χ2v) is 6.93. The van der Waals surface area contributed by atoms with E-state index in [2.05, 4.69) is 9.88 Å². The van der Waals surface area contributed by atoms with Crippen LogP contribution in [0.3, 0.4) is 0 Å². The van der Waals surface area contributed by atoms with Gasteiger partial charge in [-0.3, -0.25) is 9.69 Å². The number of piperazine rings is 1. The number of carbonyl (C=O) groups is 2. The Bertz CT molecular complexity index is 603. The topological polar surface area (TPSA) is 65.6 Å². The maximum absolute atomic E-state index is 11.7. The molecule has 0 unspecified atom stereocenters. The molecule has 1 aromatic rings. The number of nitrogens with one attached hydrogen (secondary N) is 1. The van der Waals surface area contributed by atoms with Crippen molar-refractivity contribution in [3.05, 3.63) is 22.5 Å². The van der Waals surface area contributed by atoms with E-state index < -0.39 is 0 Å². The molecule has 1 fully saturated rings. The first-order chi connectivity index (χ1) is 12.2. The zero-order valence-electron chi connectivity index (χ0n) is 15.2. The van der Waals surface area contributed by atoms with Crippen molar-refractivity contribution >= 4 is 12.4 Å². The third kappa shape index (κ3) is 4.24. The lowest BCUT2D eigenvalue weighted by Crippen LogP contribution is -2.49. The van der Waals surface area contributed by atoms with E-state index >= 15 is 0 Å². The minimum Gasteiger partial charge on any atom is -0.450 e. The summed E-state index contributed by atoms with van der Waals surface area (Å²) < 4.78 is 5.06.